The summed E-state index contributed by atoms with van der Waals surface area (Å²) >= 11 is 0.907. The van der Waals surface area contributed by atoms with Crippen molar-refractivity contribution in [3.8, 4) is 0 Å². The first kappa shape index (κ1) is 15.5. The topological polar surface area (TPSA) is 55.4 Å². The van der Waals surface area contributed by atoms with Crippen LogP contribution in [0, 0.1) is 13.8 Å². The van der Waals surface area contributed by atoms with E-state index in [4.69, 9.17) is 4.74 Å². The number of carbonyl (C=O) groups is 2. The van der Waals surface area contributed by atoms with Crippen LogP contribution in [0.4, 0.5) is 18.2 Å². The third-order valence-corrected chi connectivity index (χ3v) is 3.47. The molecule has 19 heavy (non-hydrogen) atoms. The van der Waals surface area contributed by atoms with Gasteiger partial charge in [0.05, 0.1) is 12.2 Å². The number of aryl methyl sites for hydroxylation is 1. The molecular weight excluding hydrogens is 283 g/mol. The van der Waals surface area contributed by atoms with Crippen molar-refractivity contribution in [3.63, 3.8) is 0 Å². The number of alkyl halides is 3. The molecule has 0 radical (unpaired) electrons. The Morgan fingerprint density at radius 3 is 2.37 bits per heavy atom. The molecule has 0 saturated heterocycles. The molecule has 0 aliphatic carbocycles. The molecular formula is C11H12F3NO3S. The number of amides is 1. The van der Waals surface area contributed by atoms with E-state index in [1.807, 2.05) is 0 Å². The highest BCUT2D eigenvalue weighted by Gasteiger charge is 2.39. The fourth-order valence-electron chi connectivity index (χ4n) is 1.34. The van der Waals surface area contributed by atoms with Crippen molar-refractivity contribution in [2.45, 2.75) is 26.9 Å². The number of hydrogen-bond donors (Lipinski definition) is 1. The van der Waals surface area contributed by atoms with E-state index in [-0.39, 0.29) is 17.2 Å². The number of hydrogen-bond acceptors (Lipinski definition) is 4. The highest BCUT2D eigenvalue weighted by atomic mass is 32.1. The van der Waals surface area contributed by atoms with E-state index in [0.29, 0.717) is 10.4 Å². The molecule has 0 saturated carbocycles. The molecule has 4 nitrogen and oxygen atoms in total. The minimum absolute atomic E-state index is 0.0260. The largest absolute Gasteiger partial charge is 0.471 e. The lowest BCUT2D eigenvalue weighted by Gasteiger charge is -2.08. The summed E-state index contributed by atoms with van der Waals surface area (Å²) in [5.74, 6) is -2.86. The monoisotopic (exact) mass is 295 g/mol. The number of thiophene rings is 1. The normalized spacial score (nSPS) is 11.3. The van der Waals surface area contributed by atoms with E-state index in [1.54, 1.807) is 26.1 Å². The third-order valence-electron chi connectivity index (χ3n) is 2.35. The molecule has 1 heterocycles. The SMILES string of the molecule is CCOC(=O)c1c(NC(=O)C(F)(F)F)sc(C)c1C. The van der Waals surface area contributed by atoms with Gasteiger partial charge in [-0.3, -0.25) is 4.79 Å². The van der Waals surface area contributed by atoms with Crippen LogP contribution in [-0.2, 0) is 9.53 Å². The second kappa shape index (κ2) is 5.60. The molecule has 0 atom stereocenters. The van der Waals surface area contributed by atoms with Gasteiger partial charge in [0.1, 0.15) is 5.00 Å². The molecule has 1 aromatic rings. The van der Waals surface area contributed by atoms with E-state index >= 15 is 0 Å². The first-order chi connectivity index (χ1) is 8.68. The summed E-state index contributed by atoms with van der Waals surface area (Å²) < 4.78 is 41.4. The summed E-state index contributed by atoms with van der Waals surface area (Å²) in [5.41, 5.74) is 0.475. The van der Waals surface area contributed by atoms with Gasteiger partial charge in [0.2, 0.25) is 0 Å². The van der Waals surface area contributed by atoms with Crippen molar-refractivity contribution in [3.05, 3.63) is 16.0 Å². The maximum absolute atomic E-state index is 12.2. The van der Waals surface area contributed by atoms with Gasteiger partial charge in [-0.1, -0.05) is 0 Å². The van der Waals surface area contributed by atoms with Gasteiger partial charge in [0.25, 0.3) is 0 Å². The Morgan fingerprint density at radius 1 is 1.32 bits per heavy atom. The number of esters is 1. The average molecular weight is 295 g/mol. The zero-order valence-corrected chi connectivity index (χ0v) is 11.3. The minimum Gasteiger partial charge on any atom is -0.462 e. The molecule has 1 rings (SSSR count). The smallest absolute Gasteiger partial charge is 0.462 e. The maximum Gasteiger partial charge on any atom is 0.471 e. The van der Waals surface area contributed by atoms with Crippen molar-refractivity contribution >= 4 is 28.2 Å². The molecule has 106 valence electrons. The van der Waals surface area contributed by atoms with E-state index in [9.17, 15) is 22.8 Å². The van der Waals surface area contributed by atoms with Crippen molar-refractivity contribution in [1.82, 2.24) is 0 Å². The quantitative estimate of drug-likeness (QED) is 0.872. The first-order valence-electron chi connectivity index (χ1n) is 5.33. The van der Waals surface area contributed by atoms with Gasteiger partial charge < -0.3 is 10.1 Å². The highest BCUT2D eigenvalue weighted by Crippen LogP contribution is 2.34. The molecule has 0 unspecified atom stereocenters. The van der Waals surface area contributed by atoms with Crippen LogP contribution < -0.4 is 5.32 Å². The van der Waals surface area contributed by atoms with Crippen LogP contribution in [0.2, 0.25) is 0 Å². The van der Waals surface area contributed by atoms with Crippen LogP contribution in [0.3, 0.4) is 0 Å². The summed E-state index contributed by atoms with van der Waals surface area (Å²) in [5, 5.41) is 1.56. The lowest BCUT2D eigenvalue weighted by molar-refractivity contribution is -0.167. The van der Waals surface area contributed by atoms with Gasteiger partial charge in [-0.25, -0.2) is 4.79 Å². The Hall–Kier alpha value is -1.57. The zero-order chi connectivity index (χ0) is 14.8. The Kier molecular flexibility index (Phi) is 4.56. The molecule has 0 bridgehead atoms. The lowest BCUT2D eigenvalue weighted by Crippen LogP contribution is -2.30. The third kappa shape index (κ3) is 3.46. The zero-order valence-electron chi connectivity index (χ0n) is 10.5. The summed E-state index contributed by atoms with van der Waals surface area (Å²) in [6, 6.07) is 0. The molecule has 0 spiro atoms. The van der Waals surface area contributed by atoms with E-state index in [0.717, 1.165) is 11.3 Å². The van der Waals surface area contributed by atoms with Crippen molar-refractivity contribution in [2.75, 3.05) is 11.9 Å². The minimum atomic E-state index is -5.00. The standard InChI is InChI=1S/C11H12F3NO3S/c1-4-18-9(16)7-5(2)6(3)19-8(7)15-10(17)11(12,13)14/h4H2,1-3H3,(H,15,17). The number of nitrogens with one attached hydrogen (secondary N) is 1. The summed E-state index contributed by atoms with van der Waals surface area (Å²) in [6.45, 7) is 4.91. The van der Waals surface area contributed by atoms with Crippen molar-refractivity contribution < 1.29 is 27.5 Å². The fraction of sp³-hybridized carbons (Fsp3) is 0.455. The first-order valence-corrected chi connectivity index (χ1v) is 6.15. The van der Waals surface area contributed by atoms with Crippen LogP contribution in [-0.4, -0.2) is 24.7 Å². The lowest BCUT2D eigenvalue weighted by atomic mass is 10.1. The van der Waals surface area contributed by atoms with Gasteiger partial charge in [0, 0.05) is 4.88 Å². The molecule has 0 aliphatic heterocycles. The fourth-order valence-corrected chi connectivity index (χ4v) is 2.38. The Labute approximate surface area is 111 Å². The number of carbonyl (C=O) groups excluding carboxylic acids is 2. The van der Waals surface area contributed by atoms with Crippen molar-refractivity contribution in [2.24, 2.45) is 0 Å². The molecule has 0 aromatic carbocycles. The predicted molar refractivity (Wildman–Crippen MR) is 64.4 cm³/mol. The van der Waals surface area contributed by atoms with Crippen LogP contribution in [0.25, 0.3) is 0 Å². The number of rotatable bonds is 3. The van der Waals surface area contributed by atoms with Gasteiger partial charge in [-0.15, -0.1) is 11.3 Å². The van der Waals surface area contributed by atoms with E-state index in [1.165, 1.54) is 0 Å². The van der Waals surface area contributed by atoms with Crippen LogP contribution in [0.15, 0.2) is 0 Å². The molecule has 8 heteroatoms. The maximum atomic E-state index is 12.2. The summed E-state index contributed by atoms with van der Waals surface area (Å²) in [6.07, 6.45) is -5.00. The second-order valence-corrected chi connectivity index (χ2v) is 4.88. The Bertz CT molecular complexity index is 508. The molecule has 0 aliphatic rings. The van der Waals surface area contributed by atoms with Crippen molar-refractivity contribution in [1.29, 1.82) is 0 Å². The molecule has 1 amide bonds. The van der Waals surface area contributed by atoms with Gasteiger partial charge in [-0.05, 0) is 26.3 Å². The van der Waals surface area contributed by atoms with Gasteiger partial charge in [0.15, 0.2) is 0 Å². The van der Waals surface area contributed by atoms with Crippen LogP contribution in [0.5, 0.6) is 0 Å². The van der Waals surface area contributed by atoms with E-state index < -0.39 is 18.1 Å². The van der Waals surface area contributed by atoms with Gasteiger partial charge in [-0.2, -0.15) is 13.2 Å². The molecule has 0 fully saturated rings. The number of ether oxygens (including phenoxy) is 1. The second-order valence-electron chi connectivity index (χ2n) is 3.66. The Balaban J connectivity index is 3.11. The molecule has 1 aromatic heterocycles. The Morgan fingerprint density at radius 2 is 1.89 bits per heavy atom. The summed E-state index contributed by atoms with van der Waals surface area (Å²) in [7, 11) is 0. The van der Waals surface area contributed by atoms with E-state index in [2.05, 4.69) is 0 Å². The van der Waals surface area contributed by atoms with Gasteiger partial charge >= 0.3 is 18.1 Å². The highest BCUT2D eigenvalue weighted by molar-refractivity contribution is 7.16. The van der Waals surface area contributed by atoms with Crippen LogP contribution >= 0.6 is 11.3 Å². The summed E-state index contributed by atoms with van der Waals surface area (Å²) in [4.78, 5) is 23.2. The molecule has 1 N–H and O–H groups in total. The average Bonchev–Trinajstić information content (AvgIpc) is 2.53. The number of anilines is 1. The number of halogens is 3. The predicted octanol–water partition coefficient (Wildman–Crippen LogP) is 3.04. The van der Waals surface area contributed by atoms with Crippen LogP contribution in [0.1, 0.15) is 27.7 Å².